The van der Waals surface area contributed by atoms with Gasteiger partial charge in [-0.25, -0.2) is 18.2 Å². The summed E-state index contributed by atoms with van der Waals surface area (Å²) in [6.07, 6.45) is 4.02. The third-order valence-corrected chi connectivity index (χ3v) is 9.03. The Hall–Kier alpha value is -3.73. The zero-order valence-corrected chi connectivity index (χ0v) is 24.6. The summed E-state index contributed by atoms with van der Waals surface area (Å²) in [5, 5.41) is 10.2. The lowest BCUT2D eigenvalue weighted by molar-refractivity contribution is -0.145. The van der Waals surface area contributed by atoms with Crippen LogP contribution in [0.3, 0.4) is 0 Å². The van der Waals surface area contributed by atoms with Gasteiger partial charge in [0, 0.05) is 29.4 Å². The highest BCUT2D eigenvalue weighted by Gasteiger charge is 2.44. The fourth-order valence-electron chi connectivity index (χ4n) is 6.28. The molecule has 2 aromatic heterocycles. The number of ether oxygens (including phenoxy) is 1. The number of halogens is 3. The molecule has 2 aliphatic rings. The van der Waals surface area contributed by atoms with Gasteiger partial charge in [-0.3, -0.25) is 9.78 Å². The molecule has 43 heavy (non-hydrogen) atoms. The summed E-state index contributed by atoms with van der Waals surface area (Å²) in [6.45, 7) is 1.43. The Morgan fingerprint density at radius 2 is 1.95 bits per heavy atom. The highest BCUT2D eigenvalue weighted by atomic mass is 32.1. The Bertz CT molecular complexity index is 1640. The van der Waals surface area contributed by atoms with Crippen molar-refractivity contribution >= 4 is 35.3 Å². The summed E-state index contributed by atoms with van der Waals surface area (Å²) < 4.78 is 50.2. The molecule has 2 aromatic carbocycles. The molecule has 3 atom stereocenters. The highest BCUT2D eigenvalue weighted by Crippen LogP contribution is 2.43. The molecule has 0 spiro atoms. The summed E-state index contributed by atoms with van der Waals surface area (Å²) in [5.41, 5.74) is 3.90. The second-order valence-corrected chi connectivity index (χ2v) is 12.0. The van der Waals surface area contributed by atoms with Crippen molar-refractivity contribution in [1.29, 1.82) is 0 Å². The van der Waals surface area contributed by atoms with E-state index < -0.39 is 36.7 Å². The number of thiol groups is 1. The molecule has 0 amide bonds. The predicted molar refractivity (Wildman–Crippen MR) is 161 cm³/mol. The topological polar surface area (TPSA) is 80.5 Å². The van der Waals surface area contributed by atoms with Crippen molar-refractivity contribution in [3.05, 3.63) is 83.2 Å². The van der Waals surface area contributed by atoms with Crippen molar-refractivity contribution in [1.82, 2.24) is 14.5 Å². The molecular weight excluding hydrogens is 577 g/mol. The fourth-order valence-corrected chi connectivity index (χ4v) is 6.69. The second kappa shape index (κ2) is 11.7. The van der Waals surface area contributed by atoms with Crippen LogP contribution in [0.5, 0.6) is 5.75 Å². The molecular formula is C32H33F3N4O3S. The number of hydrogen-bond donors (Lipinski definition) is 2. The number of pyridine rings is 1. The number of anilines is 1. The van der Waals surface area contributed by atoms with Crippen molar-refractivity contribution in [3.63, 3.8) is 0 Å². The average molecular weight is 611 g/mol. The standard InChI is InChI=1S/C32H33F3N4O3S/c1-19-5-7-22(36-13-19)15-42-24-9-10-27-28(12-24)39(30(37-27)25-4-2-3-21(16-43)29(25)31(40)41)14-20-6-8-23(11-26(20)33)38-17-32(34,35)18-38/h5-13,21,25,29,43H,2-4,14-18H2,1H3,(H,40,41). The Morgan fingerprint density at radius 1 is 1.14 bits per heavy atom. The molecule has 0 radical (unpaired) electrons. The number of alkyl halides is 2. The van der Waals surface area contributed by atoms with Gasteiger partial charge in [0.15, 0.2) is 0 Å². The molecule has 1 aliphatic carbocycles. The Labute approximate surface area is 253 Å². The van der Waals surface area contributed by atoms with Gasteiger partial charge in [0.25, 0.3) is 5.92 Å². The number of aromatic nitrogens is 3. The van der Waals surface area contributed by atoms with Gasteiger partial charge in [0.2, 0.25) is 0 Å². The zero-order chi connectivity index (χ0) is 30.3. The van der Waals surface area contributed by atoms with Gasteiger partial charge in [0.1, 0.15) is 24.0 Å². The SMILES string of the molecule is Cc1ccc(COc2ccc3nc(C4CCCC(CS)C4C(=O)O)n(Cc4ccc(N5CC(F)(F)C5)cc4F)c3c2)nc1. The molecule has 3 heterocycles. The minimum absolute atomic E-state index is 0.0887. The first-order valence-corrected chi connectivity index (χ1v) is 15.0. The van der Waals surface area contributed by atoms with E-state index >= 15 is 4.39 Å². The molecule has 6 rings (SSSR count). The van der Waals surface area contributed by atoms with E-state index in [1.54, 1.807) is 18.3 Å². The average Bonchev–Trinajstić information content (AvgIpc) is 3.33. The van der Waals surface area contributed by atoms with Crippen LogP contribution in [-0.2, 0) is 17.9 Å². The zero-order valence-electron chi connectivity index (χ0n) is 23.7. The molecule has 226 valence electrons. The van der Waals surface area contributed by atoms with Gasteiger partial charge in [0.05, 0.1) is 42.3 Å². The van der Waals surface area contributed by atoms with Crippen molar-refractivity contribution in [3.8, 4) is 5.75 Å². The lowest BCUT2D eigenvalue weighted by Gasteiger charge is -2.40. The molecule has 0 bridgehead atoms. The second-order valence-electron chi connectivity index (χ2n) is 11.7. The van der Waals surface area contributed by atoms with E-state index in [1.165, 1.54) is 11.0 Å². The third-order valence-electron chi connectivity index (χ3n) is 8.57. The normalized spacial score (nSPS) is 21.5. The van der Waals surface area contributed by atoms with Crippen LogP contribution < -0.4 is 9.64 Å². The molecule has 3 unspecified atom stereocenters. The van der Waals surface area contributed by atoms with E-state index in [9.17, 15) is 18.7 Å². The summed E-state index contributed by atoms with van der Waals surface area (Å²) >= 11 is 4.45. The minimum atomic E-state index is -2.76. The number of carboxylic acid groups (broad SMARTS) is 1. The molecule has 1 saturated heterocycles. The first kappa shape index (κ1) is 29.3. The number of nitrogens with zero attached hydrogens (tertiary/aromatic N) is 4. The van der Waals surface area contributed by atoms with E-state index in [0.717, 1.165) is 24.1 Å². The molecule has 4 aromatic rings. The summed E-state index contributed by atoms with van der Waals surface area (Å²) in [5.74, 6) is -3.75. The maximum atomic E-state index is 15.5. The third kappa shape index (κ3) is 6.04. The van der Waals surface area contributed by atoms with Crippen LogP contribution in [0.25, 0.3) is 11.0 Å². The van der Waals surface area contributed by atoms with E-state index in [2.05, 4.69) is 17.6 Å². The maximum Gasteiger partial charge on any atom is 0.307 e. The van der Waals surface area contributed by atoms with Crippen molar-refractivity contribution in [2.45, 2.75) is 51.2 Å². The number of fused-ring (bicyclic) bond motifs is 1. The van der Waals surface area contributed by atoms with Crippen LogP contribution in [0.1, 0.15) is 47.8 Å². The maximum absolute atomic E-state index is 15.5. The quantitative estimate of drug-likeness (QED) is 0.211. The lowest BCUT2D eigenvalue weighted by Crippen LogP contribution is -2.56. The first-order valence-electron chi connectivity index (χ1n) is 14.4. The van der Waals surface area contributed by atoms with Crippen LogP contribution in [0.4, 0.5) is 18.9 Å². The summed E-state index contributed by atoms with van der Waals surface area (Å²) in [4.78, 5) is 23.2. The van der Waals surface area contributed by atoms with Crippen LogP contribution in [0.15, 0.2) is 54.7 Å². The van der Waals surface area contributed by atoms with Crippen molar-refractivity contribution < 1.29 is 27.8 Å². The molecule has 7 nitrogen and oxygen atoms in total. The number of carbonyl (C=O) groups is 1. The molecule has 1 N–H and O–H groups in total. The number of hydrogen-bond acceptors (Lipinski definition) is 6. The van der Waals surface area contributed by atoms with Crippen molar-refractivity contribution in [2.24, 2.45) is 11.8 Å². The smallest absolute Gasteiger partial charge is 0.307 e. The lowest BCUT2D eigenvalue weighted by atomic mass is 9.72. The number of aliphatic carboxylic acids is 1. The van der Waals surface area contributed by atoms with Gasteiger partial charge < -0.3 is 19.3 Å². The molecule has 1 saturated carbocycles. The summed E-state index contributed by atoms with van der Waals surface area (Å²) in [7, 11) is 0. The van der Waals surface area contributed by atoms with Gasteiger partial charge in [-0.2, -0.15) is 12.6 Å². The highest BCUT2D eigenvalue weighted by molar-refractivity contribution is 7.80. The van der Waals surface area contributed by atoms with Crippen LogP contribution in [0, 0.1) is 24.6 Å². The number of rotatable bonds is 9. The molecule has 2 fully saturated rings. The van der Waals surface area contributed by atoms with E-state index in [4.69, 9.17) is 9.72 Å². The number of aryl methyl sites for hydroxylation is 1. The van der Waals surface area contributed by atoms with Gasteiger partial charge in [-0.1, -0.05) is 18.6 Å². The van der Waals surface area contributed by atoms with Crippen LogP contribution in [0.2, 0.25) is 0 Å². The summed E-state index contributed by atoms with van der Waals surface area (Å²) in [6, 6.07) is 13.9. The monoisotopic (exact) mass is 610 g/mol. The first-order chi connectivity index (χ1) is 20.6. The van der Waals surface area contributed by atoms with Crippen LogP contribution >= 0.6 is 12.6 Å². The fraction of sp³-hybridized carbons (Fsp3) is 0.406. The van der Waals surface area contributed by atoms with E-state index in [-0.39, 0.29) is 25.0 Å². The number of benzene rings is 2. The largest absolute Gasteiger partial charge is 0.487 e. The van der Waals surface area contributed by atoms with Gasteiger partial charge in [-0.15, -0.1) is 0 Å². The van der Waals surface area contributed by atoms with Crippen molar-refractivity contribution in [2.75, 3.05) is 23.7 Å². The van der Waals surface area contributed by atoms with E-state index in [0.29, 0.717) is 46.0 Å². The molecule has 1 aliphatic heterocycles. The van der Waals surface area contributed by atoms with E-state index in [1.807, 2.05) is 41.8 Å². The Balaban J connectivity index is 1.37. The van der Waals surface area contributed by atoms with Gasteiger partial charge >= 0.3 is 5.97 Å². The Morgan fingerprint density at radius 3 is 2.63 bits per heavy atom. The minimum Gasteiger partial charge on any atom is -0.487 e. The predicted octanol–water partition coefficient (Wildman–Crippen LogP) is 6.48. The molecule has 11 heteroatoms. The van der Waals surface area contributed by atoms with Crippen LogP contribution in [-0.4, -0.2) is 50.4 Å². The number of carboxylic acids is 1. The van der Waals surface area contributed by atoms with Gasteiger partial charge in [-0.05, 0) is 67.3 Å². The Kier molecular flexibility index (Phi) is 8.02. The number of imidazole rings is 1.